The number of nitrogens with one attached hydrogen (secondary N) is 1. The average Bonchev–Trinajstić information content (AvgIpc) is 3.00. The van der Waals surface area contributed by atoms with E-state index in [4.69, 9.17) is 22.7 Å². The van der Waals surface area contributed by atoms with Crippen molar-refractivity contribution < 1.29 is 0 Å². The molecule has 5 heteroatoms. The zero-order chi connectivity index (χ0) is 14.3. The molecule has 1 aromatic rings. The van der Waals surface area contributed by atoms with E-state index in [-0.39, 0.29) is 5.84 Å². The van der Waals surface area contributed by atoms with Crippen molar-refractivity contribution in [1.29, 1.82) is 5.41 Å². The number of nitrogens with two attached hydrogens (primary N) is 1. The van der Waals surface area contributed by atoms with E-state index in [0.29, 0.717) is 10.6 Å². The molecule has 0 aromatic carbocycles. The number of halogens is 1. The standard InChI is InChI=1S/C15H21ClN4/c1-20(8-11-7-9-2-3-10(11)6-9)15-13(16)12(14(17)18)4-5-19-15/h4-5,9-11H,2-3,6-8H2,1H3,(H3,17,18). The van der Waals surface area contributed by atoms with Gasteiger partial charge in [-0.25, -0.2) is 4.98 Å². The van der Waals surface area contributed by atoms with Crippen LogP contribution in [0.3, 0.4) is 0 Å². The highest BCUT2D eigenvalue weighted by molar-refractivity contribution is 6.36. The number of rotatable bonds is 4. The summed E-state index contributed by atoms with van der Waals surface area (Å²) >= 11 is 6.34. The van der Waals surface area contributed by atoms with Gasteiger partial charge in [0.2, 0.25) is 0 Å². The van der Waals surface area contributed by atoms with Crippen LogP contribution in [0.1, 0.15) is 31.2 Å². The maximum Gasteiger partial charge on any atom is 0.147 e. The Balaban J connectivity index is 1.75. The second kappa shape index (κ2) is 5.24. The molecule has 0 aliphatic heterocycles. The number of amidine groups is 1. The fourth-order valence-electron chi connectivity index (χ4n) is 3.95. The molecule has 0 saturated heterocycles. The van der Waals surface area contributed by atoms with Gasteiger partial charge in [-0.05, 0) is 43.1 Å². The summed E-state index contributed by atoms with van der Waals surface area (Å²) in [5.74, 6) is 3.33. The van der Waals surface area contributed by atoms with Gasteiger partial charge in [0, 0.05) is 25.4 Å². The van der Waals surface area contributed by atoms with Crippen molar-refractivity contribution in [2.45, 2.75) is 25.7 Å². The smallest absolute Gasteiger partial charge is 0.147 e. The first-order valence-electron chi connectivity index (χ1n) is 7.26. The summed E-state index contributed by atoms with van der Waals surface area (Å²) in [6.45, 7) is 0.995. The summed E-state index contributed by atoms with van der Waals surface area (Å²) < 4.78 is 0. The van der Waals surface area contributed by atoms with Crippen molar-refractivity contribution in [2.24, 2.45) is 23.5 Å². The zero-order valence-corrected chi connectivity index (χ0v) is 12.5. The maximum absolute atomic E-state index is 7.55. The van der Waals surface area contributed by atoms with E-state index in [1.54, 1.807) is 12.3 Å². The summed E-state index contributed by atoms with van der Waals surface area (Å²) in [6.07, 6.45) is 7.24. The molecule has 3 N–H and O–H groups in total. The molecule has 0 spiro atoms. The molecule has 3 atom stereocenters. The Kier molecular flexibility index (Phi) is 3.59. The average molecular weight is 293 g/mol. The molecule has 2 aliphatic carbocycles. The summed E-state index contributed by atoms with van der Waals surface area (Å²) in [7, 11) is 2.03. The van der Waals surface area contributed by atoms with Gasteiger partial charge in [-0.3, -0.25) is 5.41 Å². The van der Waals surface area contributed by atoms with Crippen molar-refractivity contribution in [3.05, 3.63) is 22.8 Å². The van der Waals surface area contributed by atoms with Gasteiger partial charge >= 0.3 is 0 Å². The van der Waals surface area contributed by atoms with Crippen molar-refractivity contribution in [3.8, 4) is 0 Å². The second-order valence-corrected chi connectivity index (χ2v) is 6.60. The quantitative estimate of drug-likeness (QED) is 0.662. The van der Waals surface area contributed by atoms with Crippen LogP contribution in [0, 0.1) is 23.2 Å². The number of fused-ring (bicyclic) bond motifs is 2. The van der Waals surface area contributed by atoms with Crippen LogP contribution in [0.4, 0.5) is 5.82 Å². The largest absolute Gasteiger partial charge is 0.384 e. The summed E-state index contributed by atoms with van der Waals surface area (Å²) in [6, 6.07) is 1.69. The molecule has 3 unspecified atom stereocenters. The van der Waals surface area contributed by atoms with Gasteiger partial charge in [-0.15, -0.1) is 0 Å². The molecule has 20 heavy (non-hydrogen) atoms. The van der Waals surface area contributed by atoms with Gasteiger partial charge in [0.25, 0.3) is 0 Å². The SMILES string of the molecule is CN(CC1CC2CCC1C2)c1nccc(C(=N)N)c1Cl. The lowest BCUT2D eigenvalue weighted by Gasteiger charge is -2.28. The Morgan fingerprint density at radius 1 is 1.50 bits per heavy atom. The lowest BCUT2D eigenvalue weighted by molar-refractivity contribution is 0.337. The Bertz CT molecular complexity index is 531. The highest BCUT2D eigenvalue weighted by atomic mass is 35.5. The van der Waals surface area contributed by atoms with E-state index in [2.05, 4.69) is 9.88 Å². The molecule has 2 fully saturated rings. The number of pyridine rings is 1. The van der Waals surface area contributed by atoms with E-state index in [1.165, 1.54) is 25.7 Å². The molecule has 2 aliphatic rings. The van der Waals surface area contributed by atoms with Crippen molar-refractivity contribution >= 4 is 23.3 Å². The number of nitrogen functional groups attached to an aromatic ring is 1. The third kappa shape index (κ3) is 2.37. The number of nitrogens with zero attached hydrogens (tertiary/aromatic N) is 2. The third-order valence-corrected chi connectivity index (χ3v) is 5.29. The third-order valence-electron chi connectivity index (χ3n) is 4.92. The van der Waals surface area contributed by atoms with Gasteiger partial charge in [0.05, 0.1) is 5.02 Å². The Hall–Kier alpha value is -1.29. The van der Waals surface area contributed by atoms with Crippen molar-refractivity contribution in [2.75, 3.05) is 18.5 Å². The van der Waals surface area contributed by atoms with E-state index >= 15 is 0 Å². The number of anilines is 1. The predicted octanol–water partition coefficient (Wildman–Crippen LogP) is 2.89. The number of hydrogen-bond acceptors (Lipinski definition) is 3. The minimum Gasteiger partial charge on any atom is -0.384 e. The molecule has 1 heterocycles. The first kappa shape index (κ1) is 13.7. The molecule has 2 bridgehead atoms. The Morgan fingerprint density at radius 3 is 2.90 bits per heavy atom. The van der Waals surface area contributed by atoms with Gasteiger partial charge in [0.15, 0.2) is 0 Å². The van der Waals surface area contributed by atoms with Crippen LogP contribution < -0.4 is 10.6 Å². The number of aromatic nitrogens is 1. The molecular formula is C15H21ClN4. The molecular weight excluding hydrogens is 272 g/mol. The van der Waals surface area contributed by atoms with Gasteiger partial charge < -0.3 is 10.6 Å². The molecule has 0 amide bonds. The van der Waals surface area contributed by atoms with E-state index in [0.717, 1.165) is 30.1 Å². The zero-order valence-electron chi connectivity index (χ0n) is 11.8. The lowest BCUT2D eigenvalue weighted by atomic mass is 9.88. The molecule has 4 nitrogen and oxygen atoms in total. The van der Waals surface area contributed by atoms with Crippen molar-refractivity contribution in [1.82, 2.24) is 4.98 Å². The van der Waals surface area contributed by atoms with Gasteiger partial charge in [-0.2, -0.15) is 0 Å². The summed E-state index contributed by atoms with van der Waals surface area (Å²) in [4.78, 5) is 6.49. The fraction of sp³-hybridized carbons (Fsp3) is 0.600. The second-order valence-electron chi connectivity index (χ2n) is 6.23. The van der Waals surface area contributed by atoms with Crippen LogP contribution in [-0.2, 0) is 0 Å². The Labute approximate surface area is 124 Å². The summed E-state index contributed by atoms with van der Waals surface area (Å²) in [5, 5.41) is 8.04. The molecule has 2 saturated carbocycles. The first-order valence-corrected chi connectivity index (χ1v) is 7.64. The monoisotopic (exact) mass is 292 g/mol. The first-order chi connectivity index (χ1) is 9.56. The van der Waals surface area contributed by atoms with E-state index < -0.39 is 0 Å². The maximum atomic E-state index is 7.55. The van der Waals surface area contributed by atoms with Crippen LogP contribution in [0.5, 0.6) is 0 Å². The van der Waals surface area contributed by atoms with Crippen LogP contribution in [-0.4, -0.2) is 24.4 Å². The minimum atomic E-state index is -0.00743. The lowest BCUT2D eigenvalue weighted by Crippen LogP contribution is -2.29. The highest BCUT2D eigenvalue weighted by Gasteiger charge is 2.39. The van der Waals surface area contributed by atoms with E-state index in [1.807, 2.05) is 7.05 Å². The normalized spacial score (nSPS) is 27.8. The van der Waals surface area contributed by atoms with E-state index in [9.17, 15) is 0 Å². The van der Waals surface area contributed by atoms with Crippen LogP contribution in [0.2, 0.25) is 5.02 Å². The minimum absolute atomic E-state index is 0.00743. The molecule has 0 radical (unpaired) electrons. The summed E-state index contributed by atoms with van der Waals surface area (Å²) in [5.41, 5.74) is 6.12. The topological polar surface area (TPSA) is 66.0 Å². The van der Waals surface area contributed by atoms with Crippen LogP contribution in [0.25, 0.3) is 0 Å². The van der Waals surface area contributed by atoms with Crippen LogP contribution in [0.15, 0.2) is 12.3 Å². The van der Waals surface area contributed by atoms with Crippen LogP contribution >= 0.6 is 11.6 Å². The van der Waals surface area contributed by atoms with Gasteiger partial charge in [0.1, 0.15) is 11.7 Å². The van der Waals surface area contributed by atoms with Crippen molar-refractivity contribution in [3.63, 3.8) is 0 Å². The predicted molar refractivity (Wildman–Crippen MR) is 82.5 cm³/mol. The fourth-order valence-corrected chi connectivity index (χ4v) is 4.30. The molecule has 108 valence electrons. The molecule has 1 aromatic heterocycles. The molecule has 3 rings (SSSR count). The Morgan fingerprint density at radius 2 is 2.30 bits per heavy atom. The van der Waals surface area contributed by atoms with Gasteiger partial charge in [-0.1, -0.05) is 18.0 Å². The highest BCUT2D eigenvalue weighted by Crippen LogP contribution is 2.48. The number of hydrogen-bond donors (Lipinski definition) is 2.